The molecule has 1 heteroatoms. The molecular weight excluding hydrogens is 291 g/mol. The third kappa shape index (κ3) is 2.72. The minimum atomic E-state index is 0. The van der Waals surface area contributed by atoms with Gasteiger partial charge in [-0.3, -0.25) is 0 Å². The van der Waals surface area contributed by atoms with Crippen molar-refractivity contribution in [3.05, 3.63) is 42.9 Å². The fraction of sp³-hybridized carbons (Fsp3) is 0.125. The second-order valence-corrected chi connectivity index (χ2v) is 1.78. The molecule has 0 amide bonds. The van der Waals surface area contributed by atoms with Gasteiger partial charge in [0.1, 0.15) is 0 Å². The van der Waals surface area contributed by atoms with Crippen LogP contribution in [-0.2, 0) is 21.1 Å². The zero-order valence-corrected chi connectivity index (χ0v) is 7.39. The molecule has 0 saturated carbocycles. The van der Waals surface area contributed by atoms with Crippen molar-refractivity contribution in [3.63, 3.8) is 0 Å². The number of rotatable bonds is 2. The predicted octanol–water partition coefficient (Wildman–Crippen LogP) is 2.26. The summed E-state index contributed by atoms with van der Waals surface area (Å²) in [7, 11) is 0. The first kappa shape index (κ1) is 8.78. The average Bonchev–Trinajstić information content (AvgIpc) is 2.19. The second kappa shape index (κ2) is 4.64. The van der Waals surface area contributed by atoms with Crippen molar-refractivity contribution >= 4 is 0 Å². The molecule has 9 heavy (non-hydrogen) atoms. The van der Waals surface area contributed by atoms with Gasteiger partial charge in [0.15, 0.2) is 0 Å². The second-order valence-electron chi connectivity index (χ2n) is 1.78. The van der Waals surface area contributed by atoms with Crippen molar-refractivity contribution in [2.24, 2.45) is 0 Å². The van der Waals surface area contributed by atoms with E-state index in [2.05, 4.69) is 24.8 Å². The summed E-state index contributed by atoms with van der Waals surface area (Å²) in [5, 5.41) is 0. The maximum atomic E-state index is 3.60. The first-order valence-corrected chi connectivity index (χ1v) is 2.75. The van der Waals surface area contributed by atoms with Gasteiger partial charge in [-0.2, -0.15) is 30.7 Å². The van der Waals surface area contributed by atoms with Crippen molar-refractivity contribution in [2.45, 2.75) is 6.42 Å². The van der Waals surface area contributed by atoms with Gasteiger partial charge in [-0.05, 0) is 6.42 Å². The summed E-state index contributed by atoms with van der Waals surface area (Å²) in [4.78, 5) is 0. The molecule has 0 aromatic carbocycles. The van der Waals surface area contributed by atoms with Gasteiger partial charge in [0, 0.05) is 21.1 Å². The molecule has 0 unspecified atom stereocenters. The first-order valence-electron chi connectivity index (χ1n) is 2.75. The molecule has 0 N–H and O–H groups in total. The van der Waals surface area contributed by atoms with Gasteiger partial charge in [0.05, 0.1) is 0 Å². The molecule has 0 radical (unpaired) electrons. The van der Waals surface area contributed by atoms with E-state index in [9.17, 15) is 0 Å². The first-order chi connectivity index (χ1) is 3.93. The minimum absolute atomic E-state index is 0. The molecule has 0 atom stereocenters. The van der Waals surface area contributed by atoms with Crippen LogP contribution in [0.5, 0.6) is 0 Å². The van der Waals surface area contributed by atoms with E-state index in [0.29, 0.717) is 0 Å². The fourth-order valence-corrected chi connectivity index (χ4v) is 0.739. The van der Waals surface area contributed by atoms with Crippen LogP contribution in [-0.4, -0.2) is 0 Å². The van der Waals surface area contributed by atoms with Crippen molar-refractivity contribution < 1.29 is 21.1 Å². The zero-order chi connectivity index (χ0) is 5.82. The van der Waals surface area contributed by atoms with E-state index in [0.717, 1.165) is 6.42 Å². The number of hydrogen-bond donors (Lipinski definition) is 0. The van der Waals surface area contributed by atoms with Crippen LogP contribution in [0.1, 0.15) is 6.42 Å². The van der Waals surface area contributed by atoms with Crippen LogP contribution in [0.2, 0.25) is 0 Å². The van der Waals surface area contributed by atoms with Crippen LogP contribution in [0.15, 0.2) is 36.5 Å². The molecule has 0 aliphatic heterocycles. The Bertz CT molecular complexity index is 143. The summed E-state index contributed by atoms with van der Waals surface area (Å²) in [6.45, 7) is 3.60. The molecule has 1 aliphatic carbocycles. The van der Waals surface area contributed by atoms with E-state index in [1.54, 1.807) is 0 Å². The third-order valence-corrected chi connectivity index (χ3v) is 1.13. The molecule has 0 nitrogen and oxygen atoms in total. The maximum absolute atomic E-state index is 3.60. The zero-order valence-electron chi connectivity index (χ0n) is 5.12. The van der Waals surface area contributed by atoms with Crippen molar-refractivity contribution in [2.75, 3.05) is 0 Å². The van der Waals surface area contributed by atoms with E-state index in [1.165, 1.54) is 5.57 Å². The Morgan fingerprint density at radius 3 is 2.89 bits per heavy atom. The van der Waals surface area contributed by atoms with E-state index in [4.69, 9.17) is 0 Å². The topological polar surface area (TPSA) is 0 Å². The molecule has 1 rings (SSSR count). The molecule has 0 bridgehead atoms. The summed E-state index contributed by atoms with van der Waals surface area (Å²) >= 11 is 0. The van der Waals surface area contributed by atoms with E-state index in [1.807, 2.05) is 12.5 Å². The third-order valence-electron chi connectivity index (χ3n) is 1.13. The van der Waals surface area contributed by atoms with Gasteiger partial charge in [0.2, 0.25) is 0 Å². The smallest absolute Gasteiger partial charge is 0 e. The van der Waals surface area contributed by atoms with E-state index >= 15 is 0 Å². The van der Waals surface area contributed by atoms with Gasteiger partial charge >= 0.3 is 0 Å². The largest absolute Gasteiger partial charge is 0.194 e. The summed E-state index contributed by atoms with van der Waals surface area (Å²) < 4.78 is 0. The Balaban J connectivity index is 0.000000640. The summed E-state index contributed by atoms with van der Waals surface area (Å²) in [6.07, 6.45) is 11.2. The van der Waals surface area contributed by atoms with Crippen LogP contribution >= 0.6 is 0 Å². The molecular formula is C8H9Pt-. The fourth-order valence-electron chi connectivity index (χ4n) is 0.739. The number of allylic oxidation sites excluding steroid dienone is 5. The summed E-state index contributed by atoms with van der Waals surface area (Å²) in [5.41, 5.74) is 1.35. The van der Waals surface area contributed by atoms with Crippen molar-refractivity contribution in [3.8, 4) is 0 Å². The molecule has 0 saturated heterocycles. The van der Waals surface area contributed by atoms with E-state index in [-0.39, 0.29) is 21.1 Å². The van der Waals surface area contributed by atoms with Crippen molar-refractivity contribution in [1.82, 2.24) is 0 Å². The monoisotopic (exact) mass is 300 g/mol. The van der Waals surface area contributed by atoms with Crippen LogP contribution < -0.4 is 0 Å². The molecule has 1 aliphatic rings. The summed E-state index contributed by atoms with van der Waals surface area (Å²) in [5.74, 6) is 0. The average molecular weight is 300 g/mol. The van der Waals surface area contributed by atoms with Gasteiger partial charge in [-0.15, -0.1) is 6.08 Å². The van der Waals surface area contributed by atoms with Gasteiger partial charge in [0.25, 0.3) is 0 Å². The molecule has 0 aromatic heterocycles. The quantitative estimate of drug-likeness (QED) is 0.686. The molecule has 0 heterocycles. The Hall–Kier alpha value is -0.222. The van der Waals surface area contributed by atoms with Crippen LogP contribution in [0.4, 0.5) is 0 Å². The Morgan fingerprint density at radius 1 is 1.67 bits per heavy atom. The molecule has 0 aromatic rings. The Labute approximate surface area is 70.6 Å². The Morgan fingerprint density at radius 2 is 2.44 bits per heavy atom. The SMILES string of the molecule is C=C[CH-]C1=CC=CC1.[Pt]. The van der Waals surface area contributed by atoms with E-state index < -0.39 is 0 Å². The van der Waals surface area contributed by atoms with Gasteiger partial charge in [-0.25, -0.2) is 0 Å². The molecule has 0 spiro atoms. The predicted molar refractivity (Wildman–Crippen MR) is 36.3 cm³/mol. The van der Waals surface area contributed by atoms with Crippen LogP contribution in [0, 0.1) is 6.42 Å². The normalized spacial score (nSPS) is 14.0. The van der Waals surface area contributed by atoms with Gasteiger partial charge in [-0.1, -0.05) is 6.08 Å². The van der Waals surface area contributed by atoms with Crippen LogP contribution in [0.3, 0.4) is 0 Å². The standard InChI is InChI=1S/C8H9.Pt/c1-2-5-8-6-3-4-7-8;/h2-6H,1,7H2;/q-1;. The molecule has 0 fully saturated rings. The van der Waals surface area contributed by atoms with Crippen LogP contribution in [0.25, 0.3) is 0 Å². The minimum Gasteiger partial charge on any atom is -0.194 e. The van der Waals surface area contributed by atoms with Gasteiger partial charge < -0.3 is 0 Å². The summed E-state index contributed by atoms with van der Waals surface area (Å²) in [6, 6.07) is 0. The maximum Gasteiger partial charge on any atom is 0 e. The Kier molecular flexibility index (Phi) is 4.52. The number of hydrogen-bond acceptors (Lipinski definition) is 0. The van der Waals surface area contributed by atoms with Crippen molar-refractivity contribution in [1.29, 1.82) is 0 Å². The molecule has 52 valence electrons.